The molecule has 1 unspecified atom stereocenters. The van der Waals surface area contributed by atoms with Crippen LogP contribution in [0.15, 0.2) is 27.6 Å². The SMILES string of the molecule is COCC(Cl)CNS(=O)(=O)c1ccc(Br)cc1F. The Bertz CT molecular complexity index is 512. The van der Waals surface area contributed by atoms with Gasteiger partial charge < -0.3 is 4.74 Å². The van der Waals surface area contributed by atoms with Gasteiger partial charge in [0.2, 0.25) is 10.0 Å². The molecule has 1 atom stereocenters. The largest absolute Gasteiger partial charge is 0.383 e. The lowest BCUT2D eigenvalue weighted by atomic mass is 10.3. The molecule has 0 saturated heterocycles. The Labute approximate surface area is 119 Å². The minimum atomic E-state index is -3.91. The third-order valence-electron chi connectivity index (χ3n) is 2.03. The zero-order valence-corrected chi connectivity index (χ0v) is 12.6. The van der Waals surface area contributed by atoms with Gasteiger partial charge in [-0.05, 0) is 18.2 Å². The van der Waals surface area contributed by atoms with Gasteiger partial charge in [0, 0.05) is 18.1 Å². The van der Waals surface area contributed by atoms with E-state index in [9.17, 15) is 12.8 Å². The van der Waals surface area contributed by atoms with Crippen LogP contribution >= 0.6 is 27.5 Å². The maximum absolute atomic E-state index is 13.5. The molecule has 0 saturated carbocycles. The molecule has 0 aliphatic carbocycles. The summed E-state index contributed by atoms with van der Waals surface area (Å²) in [6.45, 7) is 0.167. The monoisotopic (exact) mass is 359 g/mol. The van der Waals surface area contributed by atoms with Gasteiger partial charge in [-0.2, -0.15) is 0 Å². The number of ether oxygens (including phenoxy) is 1. The number of benzene rings is 1. The summed E-state index contributed by atoms with van der Waals surface area (Å²) < 4.78 is 44.6. The number of alkyl halides is 1. The van der Waals surface area contributed by atoms with Crippen LogP contribution in [-0.2, 0) is 14.8 Å². The third-order valence-corrected chi connectivity index (χ3v) is 4.26. The highest BCUT2D eigenvalue weighted by Crippen LogP contribution is 2.19. The fraction of sp³-hybridized carbons (Fsp3) is 0.400. The van der Waals surface area contributed by atoms with E-state index in [0.717, 1.165) is 6.07 Å². The fourth-order valence-electron chi connectivity index (χ4n) is 1.21. The summed E-state index contributed by atoms with van der Waals surface area (Å²) >= 11 is 8.84. The molecule has 1 aromatic rings. The van der Waals surface area contributed by atoms with Crippen LogP contribution < -0.4 is 4.72 Å². The maximum atomic E-state index is 13.5. The lowest BCUT2D eigenvalue weighted by molar-refractivity contribution is 0.198. The van der Waals surface area contributed by atoms with Crippen LogP contribution in [0.4, 0.5) is 4.39 Å². The molecule has 1 aromatic carbocycles. The van der Waals surface area contributed by atoms with Crippen molar-refractivity contribution in [3.8, 4) is 0 Å². The molecule has 0 heterocycles. The van der Waals surface area contributed by atoms with Gasteiger partial charge in [0.05, 0.1) is 12.0 Å². The minimum Gasteiger partial charge on any atom is -0.383 e. The smallest absolute Gasteiger partial charge is 0.243 e. The van der Waals surface area contributed by atoms with E-state index in [1.807, 2.05) is 0 Å². The molecule has 0 spiro atoms. The quantitative estimate of drug-likeness (QED) is 0.791. The molecule has 0 radical (unpaired) electrons. The van der Waals surface area contributed by atoms with Gasteiger partial charge in [-0.25, -0.2) is 17.5 Å². The lowest BCUT2D eigenvalue weighted by Gasteiger charge is -2.11. The fourth-order valence-corrected chi connectivity index (χ4v) is 2.98. The van der Waals surface area contributed by atoms with E-state index < -0.39 is 26.1 Å². The molecule has 0 aliphatic rings. The van der Waals surface area contributed by atoms with Gasteiger partial charge in [-0.15, -0.1) is 11.6 Å². The van der Waals surface area contributed by atoms with Crippen LogP contribution in [0.2, 0.25) is 0 Å². The van der Waals surface area contributed by atoms with E-state index in [4.69, 9.17) is 16.3 Å². The number of sulfonamides is 1. The molecule has 1 rings (SSSR count). The molecule has 18 heavy (non-hydrogen) atoms. The predicted molar refractivity (Wildman–Crippen MR) is 70.8 cm³/mol. The summed E-state index contributed by atoms with van der Waals surface area (Å²) in [5, 5.41) is -0.511. The number of methoxy groups -OCH3 is 1. The van der Waals surface area contributed by atoms with E-state index in [0.29, 0.717) is 4.47 Å². The van der Waals surface area contributed by atoms with E-state index in [-0.39, 0.29) is 13.2 Å². The lowest BCUT2D eigenvalue weighted by Crippen LogP contribution is -2.32. The molecular weight excluding hydrogens is 349 g/mol. The summed E-state index contributed by atoms with van der Waals surface area (Å²) in [4.78, 5) is -0.410. The highest BCUT2D eigenvalue weighted by atomic mass is 79.9. The maximum Gasteiger partial charge on any atom is 0.243 e. The zero-order chi connectivity index (χ0) is 13.8. The van der Waals surface area contributed by atoms with Gasteiger partial charge in [-0.1, -0.05) is 15.9 Å². The molecule has 0 amide bonds. The van der Waals surface area contributed by atoms with Crippen molar-refractivity contribution in [1.29, 1.82) is 0 Å². The van der Waals surface area contributed by atoms with E-state index >= 15 is 0 Å². The normalized spacial score (nSPS) is 13.6. The first-order valence-electron chi connectivity index (χ1n) is 4.94. The van der Waals surface area contributed by atoms with Crippen molar-refractivity contribution in [2.45, 2.75) is 10.3 Å². The highest BCUT2D eigenvalue weighted by molar-refractivity contribution is 9.10. The van der Waals surface area contributed by atoms with E-state index in [1.54, 1.807) is 0 Å². The topological polar surface area (TPSA) is 55.4 Å². The number of nitrogens with one attached hydrogen (secondary N) is 1. The van der Waals surface area contributed by atoms with Crippen LogP contribution in [0.25, 0.3) is 0 Å². The predicted octanol–water partition coefficient (Wildman–Crippen LogP) is 2.12. The van der Waals surface area contributed by atoms with Crippen LogP contribution in [0.3, 0.4) is 0 Å². The minimum absolute atomic E-state index is 0.0345. The molecule has 102 valence electrons. The van der Waals surface area contributed by atoms with Crippen molar-refractivity contribution < 1.29 is 17.5 Å². The van der Waals surface area contributed by atoms with Crippen molar-refractivity contribution in [2.75, 3.05) is 20.3 Å². The van der Waals surface area contributed by atoms with Crippen molar-refractivity contribution >= 4 is 37.6 Å². The Morgan fingerprint density at radius 2 is 2.22 bits per heavy atom. The van der Waals surface area contributed by atoms with Crippen LogP contribution in [0.1, 0.15) is 0 Å². The first-order chi connectivity index (χ1) is 8.36. The van der Waals surface area contributed by atoms with Gasteiger partial charge in [0.15, 0.2) is 0 Å². The molecular formula is C10H12BrClFNO3S. The van der Waals surface area contributed by atoms with Crippen LogP contribution in [0, 0.1) is 5.82 Å². The van der Waals surface area contributed by atoms with E-state index in [1.165, 1.54) is 19.2 Å². The Hall–Kier alpha value is -0.210. The second-order valence-electron chi connectivity index (χ2n) is 3.48. The van der Waals surface area contributed by atoms with Crippen LogP contribution in [-0.4, -0.2) is 34.1 Å². The summed E-state index contributed by atoms with van der Waals surface area (Å²) in [5.74, 6) is -0.824. The summed E-state index contributed by atoms with van der Waals surface area (Å²) in [5.41, 5.74) is 0. The third kappa shape index (κ3) is 4.47. The average molecular weight is 361 g/mol. The van der Waals surface area contributed by atoms with Crippen molar-refractivity contribution in [2.24, 2.45) is 0 Å². The van der Waals surface area contributed by atoms with Crippen molar-refractivity contribution in [1.82, 2.24) is 4.72 Å². The molecule has 4 nitrogen and oxygen atoms in total. The van der Waals surface area contributed by atoms with Gasteiger partial charge in [-0.3, -0.25) is 0 Å². The Kier molecular flexibility index (Phi) is 6.00. The van der Waals surface area contributed by atoms with Gasteiger partial charge in [0.25, 0.3) is 0 Å². The number of halogens is 3. The first kappa shape index (κ1) is 15.8. The first-order valence-corrected chi connectivity index (χ1v) is 7.66. The summed E-state index contributed by atoms with van der Waals surface area (Å²) in [7, 11) is -2.45. The molecule has 8 heteroatoms. The molecule has 0 aromatic heterocycles. The van der Waals surface area contributed by atoms with Crippen molar-refractivity contribution in [3.63, 3.8) is 0 Å². The Morgan fingerprint density at radius 3 is 2.78 bits per heavy atom. The van der Waals surface area contributed by atoms with E-state index in [2.05, 4.69) is 20.7 Å². The molecule has 0 aliphatic heterocycles. The Balaban J connectivity index is 2.80. The average Bonchev–Trinajstić information content (AvgIpc) is 2.26. The summed E-state index contributed by atoms with van der Waals surface area (Å²) in [6.07, 6.45) is 0. The Morgan fingerprint density at radius 1 is 1.56 bits per heavy atom. The number of rotatable bonds is 6. The number of hydrogen-bond acceptors (Lipinski definition) is 3. The van der Waals surface area contributed by atoms with Gasteiger partial charge >= 0.3 is 0 Å². The van der Waals surface area contributed by atoms with Gasteiger partial charge in [0.1, 0.15) is 10.7 Å². The molecule has 1 N–H and O–H groups in total. The van der Waals surface area contributed by atoms with Crippen LogP contribution in [0.5, 0.6) is 0 Å². The zero-order valence-electron chi connectivity index (χ0n) is 9.49. The molecule has 0 bridgehead atoms. The second kappa shape index (κ2) is 6.81. The highest BCUT2D eigenvalue weighted by Gasteiger charge is 2.20. The van der Waals surface area contributed by atoms with Crippen molar-refractivity contribution in [3.05, 3.63) is 28.5 Å². The second-order valence-corrected chi connectivity index (χ2v) is 6.75. The number of hydrogen-bond donors (Lipinski definition) is 1. The standard InChI is InChI=1S/C10H12BrClFNO3S/c1-17-6-8(12)5-14-18(15,16)10-3-2-7(11)4-9(10)13/h2-4,8,14H,5-6H2,1H3. The molecule has 0 fully saturated rings. The summed E-state index contributed by atoms with van der Waals surface area (Å²) in [6, 6.07) is 3.72.